The summed E-state index contributed by atoms with van der Waals surface area (Å²) in [4.78, 5) is 17.5. The third-order valence-corrected chi connectivity index (χ3v) is 2.77. The Morgan fingerprint density at radius 2 is 2.44 bits per heavy atom. The first-order chi connectivity index (χ1) is 7.48. The Labute approximate surface area is 93.9 Å². The second-order valence-corrected chi connectivity index (χ2v) is 4.44. The van der Waals surface area contributed by atoms with Crippen LogP contribution in [0.2, 0.25) is 0 Å². The Bertz CT molecular complexity index is 417. The number of likely N-dealkylation sites (tertiary alicyclic amines) is 1. The summed E-state index contributed by atoms with van der Waals surface area (Å²) in [6.07, 6.45) is 2.12. The van der Waals surface area contributed by atoms with Crippen LogP contribution in [0.3, 0.4) is 0 Å². The number of nitrogens with zero attached hydrogens (tertiary/aromatic N) is 2. The van der Waals surface area contributed by atoms with Crippen molar-refractivity contribution < 1.29 is 9.90 Å². The molecule has 5 heteroatoms. The van der Waals surface area contributed by atoms with Gasteiger partial charge in [0, 0.05) is 24.8 Å². The van der Waals surface area contributed by atoms with Crippen LogP contribution in [0.4, 0.5) is 5.82 Å². The molecule has 0 bridgehead atoms. The molecule has 0 spiro atoms. The predicted molar refractivity (Wildman–Crippen MR) is 59.8 cm³/mol. The minimum Gasteiger partial charge on any atom is -0.388 e. The summed E-state index contributed by atoms with van der Waals surface area (Å²) in [5.41, 5.74) is 5.27. The summed E-state index contributed by atoms with van der Waals surface area (Å²) >= 11 is 0. The minimum atomic E-state index is -0.770. The van der Waals surface area contributed by atoms with Gasteiger partial charge in [0.2, 0.25) is 0 Å². The molecule has 0 radical (unpaired) electrons. The average molecular weight is 221 g/mol. The van der Waals surface area contributed by atoms with Crippen LogP contribution in [0.15, 0.2) is 18.3 Å². The molecule has 0 saturated carbocycles. The van der Waals surface area contributed by atoms with Gasteiger partial charge < -0.3 is 15.7 Å². The molecular weight excluding hydrogens is 206 g/mol. The molecule has 3 N–H and O–H groups in total. The number of pyridine rings is 1. The lowest BCUT2D eigenvalue weighted by molar-refractivity contribution is 0.0572. The van der Waals surface area contributed by atoms with Crippen molar-refractivity contribution in [2.75, 3.05) is 18.8 Å². The lowest BCUT2D eigenvalue weighted by Crippen LogP contribution is -2.33. The van der Waals surface area contributed by atoms with Crippen molar-refractivity contribution in [3.63, 3.8) is 0 Å². The zero-order valence-corrected chi connectivity index (χ0v) is 9.18. The molecule has 16 heavy (non-hydrogen) atoms. The second kappa shape index (κ2) is 3.75. The minimum absolute atomic E-state index is 0.105. The highest BCUT2D eigenvalue weighted by atomic mass is 16.3. The largest absolute Gasteiger partial charge is 0.388 e. The number of anilines is 1. The third-order valence-electron chi connectivity index (χ3n) is 2.77. The van der Waals surface area contributed by atoms with Gasteiger partial charge in [0.1, 0.15) is 5.82 Å². The number of hydrogen-bond donors (Lipinski definition) is 2. The number of carbonyl (C=O) groups excluding carboxylic acids is 1. The van der Waals surface area contributed by atoms with Crippen LogP contribution in [0.1, 0.15) is 23.7 Å². The van der Waals surface area contributed by atoms with Gasteiger partial charge in [-0.05, 0) is 25.5 Å². The first-order valence-electron chi connectivity index (χ1n) is 5.21. The summed E-state index contributed by atoms with van der Waals surface area (Å²) < 4.78 is 0. The smallest absolute Gasteiger partial charge is 0.254 e. The summed E-state index contributed by atoms with van der Waals surface area (Å²) in [6, 6.07) is 3.18. The molecule has 1 aliphatic heterocycles. The second-order valence-electron chi connectivity index (χ2n) is 4.44. The van der Waals surface area contributed by atoms with Crippen LogP contribution in [-0.4, -0.2) is 39.6 Å². The van der Waals surface area contributed by atoms with E-state index in [1.165, 1.54) is 6.20 Å². The molecule has 2 rings (SSSR count). The van der Waals surface area contributed by atoms with Crippen LogP contribution in [0.25, 0.3) is 0 Å². The van der Waals surface area contributed by atoms with Crippen molar-refractivity contribution in [3.8, 4) is 0 Å². The lowest BCUT2D eigenvalue weighted by atomic mass is 10.1. The Balaban J connectivity index is 2.15. The van der Waals surface area contributed by atoms with E-state index in [0.29, 0.717) is 30.9 Å². The van der Waals surface area contributed by atoms with Crippen LogP contribution in [0, 0.1) is 0 Å². The Morgan fingerprint density at radius 1 is 1.69 bits per heavy atom. The molecule has 1 aliphatic rings. The molecule has 1 amide bonds. The van der Waals surface area contributed by atoms with E-state index >= 15 is 0 Å². The van der Waals surface area contributed by atoms with Gasteiger partial charge in [0.15, 0.2) is 0 Å². The van der Waals surface area contributed by atoms with Crippen LogP contribution < -0.4 is 5.73 Å². The Morgan fingerprint density at radius 3 is 3.00 bits per heavy atom. The van der Waals surface area contributed by atoms with E-state index in [9.17, 15) is 9.90 Å². The first-order valence-corrected chi connectivity index (χ1v) is 5.21. The number of nitrogens with two attached hydrogens (primary N) is 1. The quantitative estimate of drug-likeness (QED) is 0.713. The standard InChI is InChI=1S/C11H15N3O2/c1-11(16)3-5-14(7-11)10(15)8-2-4-13-9(12)6-8/h2,4,6,16H,3,5,7H2,1H3,(H2,12,13). The number of carbonyl (C=O) groups is 1. The van der Waals surface area contributed by atoms with E-state index in [-0.39, 0.29) is 5.91 Å². The summed E-state index contributed by atoms with van der Waals surface area (Å²) in [6.45, 7) is 2.68. The van der Waals surface area contributed by atoms with Crippen molar-refractivity contribution in [2.45, 2.75) is 18.9 Å². The van der Waals surface area contributed by atoms with Crippen molar-refractivity contribution in [2.24, 2.45) is 0 Å². The van der Waals surface area contributed by atoms with Gasteiger partial charge in [-0.2, -0.15) is 0 Å². The molecule has 86 valence electrons. The normalized spacial score (nSPS) is 24.8. The van der Waals surface area contributed by atoms with Crippen molar-refractivity contribution in [1.29, 1.82) is 0 Å². The van der Waals surface area contributed by atoms with E-state index in [2.05, 4.69) is 4.98 Å². The number of aromatic nitrogens is 1. The van der Waals surface area contributed by atoms with Gasteiger partial charge in [-0.3, -0.25) is 4.79 Å². The van der Waals surface area contributed by atoms with Gasteiger partial charge in [-0.1, -0.05) is 0 Å². The number of β-amino-alcohol motifs (C(OH)–C–C–N with tert-alkyl or cyclic N) is 1. The summed E-state index contributed by atoms with van der Waals surface area (Å²) in [5.74, 6) is 0.226. The molecule has 1 atom stereocenters. The Kier molecular flexibility index (Phi) is 2.55. The monoisotopic (exact) mass is 221 g/mol. The molecular formula is C11H15N3O2. The van der Waals surface area contributed by atoms with E-state index in [1.54, 1.807) is 24.0 Å². The van der Waals surface area contributed by atoms with Crippen molar-refractivity contribution >= 4 is 11.7 Å². The van der Waals surface area contributed by atoms with Crippen LogP contribution >= 0.6 is 0 Å². The van der Waals surface area contributed by atoms with Gasteiger partial charge >= 0.3 is 0 Å². The molecule has 2 heterocycles. The molecule has 0 aromatic carbocycles. The molecule has 5 nitrogen and oxygen atoms in total. The van der Waals surface area contributed by atoms with Gasteiger partial charge in [-0.15, -0.1) is 0 Å². The molecule has 1 aromatic rings. The topological polar surface area (TPSA) is 79.5 Å². The fourth-order valence-corrected chi connectivity index (χ4v) is 1.88. The highest BCUT2D eigenvalue weighted by Gasteiger charge is 2.34. The first kappa shape index (κ1) is 10.9. The van der Waals surface area contributed by atoms with E-state index in [0.717, 1.165) is 0 Å². The number of hydrogen-bond acceptors (Lipinski definition) is 4. The maximum Gasteiger partial charge on any atom is 0.254 e. The summed E-state index contributed by atoms with van der Waals surface area (Å²) in [7, 11) is 0. The van der Waals surface area contributed by atoms with E-state index < -0.39 is 5.60 Å². The summed E-state index contributed by atoms with van der Waals surface area (Å²) in [5, 5.41) is 9.78. The zero-order valence-electron chi connectivity index (χ0n) is 9.18. The van der Waals surface area contributed by atoms with Gasteiger partial charge in [-0.25, -0.2) is 4.98 Å². The third kappa shape index (κ3) is 2.14. The number of nitrogen functional groups attached to an aromatic ring is 1. The van der Waals surface area contributed by atoms with Gasteiger partial charge in [0.05, 0.1) is 5.60 Å². The molecule has 0 aliphatic carbocycles. The lowest BCUT2D eigenvalue weighted by Gasteiger charge is -2.19. The fourth-order valence-electron chi connectivity index (χ4n) is 1.88. The average Bonchev–Trinajstić information content (AvgIpc) is 2.58. The number of amides is 1. The molecule has 1 aromatic heterocycles. The SMILES string of the molecule is CC1(O)CCN(C(=O)c2ccnc(N)c2)C1. The van der Waals surface area contributed by atoms with Crippen LogP contribution in [-0.2, 0) is 0 Å². The van der Waals surface area contributed by atoms with Crippen molar-refractivity contribution in [1.82, 2.24) is 9.88 Å². The van der Waals surface area contributed by atoms with E-state index in [1.807, 2.05) is 0 Å². The fraction of sp³-hybridized carbons (Fsp3) is 0.455. The van der Waals surface area contributed by atoms with Gasteiger partial charge in [0.25, 0.3) is 5.91 Å². The Hall–Kier alpha value is -1.62. The highest BCUT2D eigenvalue weighted by molar-refractivity contribution is 5.95. The highest BCUT2D eigenvalue weighted by Crippen LogP contribution is 2.22. The van der Waals surface area contributed by atoms with E-state index in [4.69, 9.17) is 5.73 Å². The molecule has 1 fully saturated rings. The maximum atomic E-state index is 12.0. The molecule has 1 saturated heterocycles. The predicted octanol–water partition coefficient (Wildman–Crippen LogP) is 0.261. The number of aliphatic hydroxyl groups is 1. The number of rotatable bonds is 1. The van der Waals surface area contributed by atoms with Crippen LogP contribution in [0.5, 0.6) is 0 Å². The maximum absolute atomic E-state index is 12.0. The van der Waals surface area contributed by atoms with Crippen molar-refractivity contribution in [3.05, 3.63) is 23.9 Å². The zero-order chi connectivity index (χ0) is 11.8. The molecule has 1 unspecified atom stereocenters.